The monoisotopic (exact) mass is 200 g/mol. The molecule has 84 valence electrons. The summed E-state index contributed by atoms with van der Waals surface area (Å²) in [6.07, 6.45) is 3.45. The normalized spacial score (nSPS) is 11.5. The van der Waals surface area contributed by atoms with Crippen LogP contribution < -0.4 is 5.73 Å². The molecule has 0 radical (unpaired) electrons. The average Bonchev–Trinajstić information content (AvgIpc) is 2.17. The molecule has 0 spiro atoms. The van der Waals surface area contributed by atoms with Gasteiger partial charge in [0.2, 0.25) is 5.91 Å². The van der Waals surface area contributed by atoms with Crippen molar-refractivity contribution < 1.29 is 4.79 Å². The van der Waals surface area contributed by atoms with E-state index < -0.39 is 5.41 Å². The Labute approximate surface area is 87.6 Å². The third-order valence-corrected chi connectivity index (χ3v) is 2.53. The van der Waals surface area contributed by atoms with Gasteiger partial charge < -0.3 is 10.6 Å². The number of unbranched alkanes of at least 4 members (excludes halogenated alkanes) is 2. The minimum absolute atomic E-state index is 0.149. The molecule has 0 aliphatic heterocycles. The van der Waals surface area contributed by atoms with Crippen molar-refractivity contribution in [3.63, 3.8) is 0 Å². The van der Waals surface area contributed by atoms with E-state index in [2.05, 4.69) is 6.92 Å². The Bertz CT molecular complexity index is 178. The standard InChI is InChI=1S/C11H24N2O/c1-5-6-7-8-13(4)10(14)11(2,3)9-12/h5-9,12H2,1-4H3. The van der Waals surface area contributed by atoms with Crippen LogP contribution in [0.2, 0.25) is 0 Å². The second-order valence-electron chi connectivity index (χ2n) is 4.52. The Kier molecular flexibility index (Phi) is 5.77. The molecule has 0 atom stereocenters. The van der Waals surface area contributed by atoms with E-state index in [1.54, 1.807) is 4.90 Å². The highest BCUT2D eigenvalue weighted by Gasteiger charge is 2.28. The second-order valence-corrected chi connectivity index (χ2v) is 4.52. The maximum atomic E-state index is 11.8. The number of amides is 1. The Balaban J connectivity index is 3.99. The van der Waals surface area contributed by atoms with Crippen LogP contribution in [0.25, 0.3) is 0 Å². The molecule has 0 saturated heterocycles. The highest BCUT2D eigenvalue weighted by molar-refractivity contribution is 5.81. The van der Waals surface area contributed by atoms with Crippen molar-refractivity contribution in [1.29, 1.82) is 0 Å². The molecule has 2 N–H and O–H groups in total. The minimum atomic E-state index is -0.416. The van der Waals surface area contributed by atoms with Gasteiger partial charge in [-0.15, -0.1) is 0 Å². The number of nitrogens with zero attached hydrogens (tertiary/aromatic N) is 1. The molecule has 1 amide bonds. The zero-order valence-electron chi connectivity index (χ0n) is 9.97. The molecule has 14 heavy (non-hydrogen) atoms. The molecule has 0 aliphatic carbocycles. The van der Waals surface area contributed by atoms with Crippen molar-refractivity contribution in [1.82, 2.24) is 4.90 Å². The number of hydrogen-bond donors (Lipinski definition) is 1. The van der Waals surface area contributed by atoms with Crippen LogP contribution in [-0.2, 0) is 4.79 Å². The largest absolute Gasteiger partial charge is 0.345 e. The molecule has 3 heteroatoms. The first kappa shape index (κ1) is 13.4. The van der Waals surface area contributed by atoms with Crippen LogP contribution >= 0.6 is 0 Å². The number of carbonyl (C=O) groups is 1. The molecule has 0 aromatic heterocycles. The maximum Gasteiger partial charge on any atom is 0.229 e. The van der Waals surface area contributed by atoms with E-state index in [4.69, 9.17) is 5.73 Å². The molecule has 0 aromatic rings. The lowest BCUT2D eigenvalue weighted by molar-refractivity contribution is -0.138. The predicted octanol–water partition coefficient (Wildman–Crippen LogP) is 1.62. The van der Waals surface area contributed by atoms with Crippen molar-refractivity contribution in [3.05, 3.63) is 0 Å². The zero-order chi connectivity index (χ0) is 11.2. The molecule has 0 fully saturated rings. The van der Waals surface area contributed by atoms with E-state index in [1.165, 1.54) is 12.8 Å². The molecular weight excluding hydrogens is 176 g/mol. The van der Waals surface area contributed by atoms with Crippen LogP contribution in [0.1, 0.15) is 40.0 Å². The summed E-state index contributed by atoms with van der Waals surface area (Å²) in [5.74, 6) is 0.149. The summed E-state index contributed by atoms with van der Waals surface area (Å²) < 4.78 is 0. The molecule has 0 heterocycles. The maximum absolute atomic E-state index is 11.8. The topological polar surface area (TPSA) is 46.3 Å². The average molecular weight is 200 g/mol. The van der Waals surface area contributed by atoms with Crippen molar-refractivity contribution in [2.24, 2.45) is 11.1 Å². The van der Waals surface area contributed by atoms with Gasteiger partial charge in [0.25, 0.3) is 0 Å². The van der Waals surface area contributed by atoms with Gasteiger partial charge in [-0.3, -0.25) is 4.79 Å². The SMILES string of the molecule is CCCCCN(C)C(=O)C(C)(C)CN. The number of hydrogen-bond acceptors (Lipinski definition) is 2. The lowest BCUT2D eigenvalue weighted by Gasteiger charge is -2.28. The fourth-order valence-electron chi connectivity index (χ4n) is 1.30. The van der Waals surface area contributed by atoms with Crippen LogP contribution in [0.3, 0.4) is 0 Å². The van der Waals surface area contributed by atoms with E-state index in [1.807, 2.05) is 20.9 Å². The van der Waals surface area contributed by atoms with Crippen molar-refractivity contribution >= 4 is 5.91 Å². The van der Waals surface area contributed by atoms with E-state index in [0.717, 1.165) is 13.0 Å². The quantitative estimate of drug-likeness (QED) is 0.662. The second kappa shape index (κ2) is 6.02. The summed E-state index contributed by atoms with van der Waals surface area (Å²) in [5, 5.41) is 0. The smallest absolute Gasteiger partial charge is 0.229 e. The van der Waals surface area contributed by atoms with Gasteiger partial charge in [-0.2, -0.15) is 0 Å². The van der Waals surface area contributed by atoms with Gasteiger partial charge in [-0.1, -0.05) is 19.8 Å². The molecule has 0 rings (SSSR count). The van der Waals surface area contributed by atoms with Crippen LogP contribution in [0, 0.1) is 5.41 Å². The minimum Gasteiger partial charge on any atom is -0.345 e. The summed E-state index contributed by atoms with van der Waals surface area (Å²) in [6.45, 7) is 7.20. The molecule has 0 unspecified atom stereocenters. The first-order valence-corrected chi connectivity index (χ1v) is 5.41. The molecule has 0 aliphatic rings. The van der Waals surface area contributed by atoms with Gasteiger partial charge in [0.05, 0.1) is 5.41 Å². The molecule has 0 bridgehead atoms. The van der Waals surface area contributed by atoms with Crippen molar-refractivity contribution in [2.75, 3.05) is 20.1 Å². The van der Waals surface area contributed by atoms with Gasteiger partial charge in [0.1, 0.15) is 0 Å². The van der Waals surface area contributed by atoms with Gasteiger partial charge in [-0.05, 0) is 20.3 Å². The Hall–Kier alpha value is -0.570. The van der Waals surface area contributed by atoms with Gasteiger partial charge in [0.15, 0.2) is 0 Å². The van der Waals surface area contributed by atoms with E-state index in [-0.39, 0.29) is 5.91 Å². The number of rotatable bonds is 6. The fourth-order valence-corrected chi connectivity index (χ4v) is 1.30. The Morgan fingerprint density at radius 3 is 2.36 bits per heavy atom. The van der Waals surface area contributed by atoms with Crippen molar-refractivity contribution in [3.8, 4) is 0 Å². The summed E-state index contributed by atoms with van der Waals surface area (Å²) >= 11 is 0. The van der Waals surface area contributed by atoms with Crippen LogP contribution in [-0.4, -0.2) is 30.9 Å². The van der Waals surface area contributed by atoms with Gasteiger partial charge in [0, 0.05) is 20.1 Å². The summed E-state index contributed by atoms with van der Waals surface area (Å²) in [5.41, 5.74) is 5.14. The zero-order valence-corrected chi connectivity index (χ0v) is 9.97. The molecule has 0 aromatic carbocycles. The first-order chi connectivity index (χ1) is 6.45. The van der Waals surface area contributed by atoms with Gasteiger partial charge >= 0.3 is 0 Å². The highest BCUT2D eigenvalue weighted by atomic mass is 16.2. The summed E-state index contributed by atoms with van der Waals surface area (Å²) in [6, 6.07) is 0. The lowest BCUT2D eigenvalue weighted by atomic mass is 9.92. The van der Waals surface area contributed by atoms with Crippen molar-refractivity contribution in [2.45, 2.75) is 40.0 Å². The van der Waals surface area contributed by atoms with E-state index in [0.29, 0.717) is 6.54 Å². The van der Waals surface area contributed by atoms with Crippen LogP contribution in [0.4, 0.5) is 0 Å². The first-order valence-electron chi connectivity index (χ1n) is 5.41. The molecule has 0 saturated carbocycles. The van der Waals surface area contributed by atoms with Gasteiger partial charge in [-0.25, -0.2) is 0 Å². The summed E-state index contributed by atoms with van der Waals surface area (Å²) in [4.78, 5) is 13.6. The predicted molar refractivity (Wildman–Crippen MR) is 60.0 cm³/mol. The fraction of sp³-hybridized carbons (Fsp3) is 0.909. The Morgan fingerprint density at radius 1 is 1.36 bits per heavy atom. The van der Waals surface area contributed by atoms with E-state index in [9.17, 15) is 4.79 Å². The highest BCUT2D eigenvalue weighted by Crippen LogP contribution is 2.16. The van der Waals surface area contributed by atoms with Crippen LogP contribution in [0.15, 0.2) is 0 Å². The molecular formula is C11H24N2O. The van der Waals surface area contributed by atoms with E-state index >= 15 is 0 Å². The Morgan fingerprint density at radius 2 is 1.93 bits per heavy atom. The number of nitrogens with two attached hydrogens (primary N) is 1. The third-order valence-electron chi connectivity index (χ3n) is 2.53. The summed E-state index contributed by atoms with van der Waals surface area (Å²) in [7, 11) is 1.86. The lowest BCUT2D eigenvalue weighted by Crippen LogP contribution is -2.43. The number of carbonyl (C=O) groups excluding carboxylic acids is 1. The molecule has 3 nitrogen and oxygen atoms in total. The van der Waals surface area contributed by atoms with Crippen LogP contribution in [0.5, 0.6) is 0 Å². The third kappa shape index (κ3) is 4.09.